The van der Waals surface area contributed by atoms with Gasteiger partial charge in [0.1, 0.15) is 0 Å². The van der Waals surface area contributed by atoms with E-state index >= 15 is 0 Å². The molecule has 2 N–H and O–H groups in total. The van der Waals surface area contributed by atoms with Crippen molar-refractivity contribution in [3.05, 3.63) is 16.4 Å². The number of hydrogen-bond donors (Lipinski definition) is 1. The lowest BCUT2D eigenvalue weighted by atomic mass is 10.0. The van der Waals surface area contributed by atoms with Gasteiger partial charge in [-0.05, 0) is 19.8 Å². The Morgan fingerprint density at radius 2 is 2.05 bits per heavy atom. The molecule has 0 fully saturated rings. The first-order valence-corrected chi connectivity index (χ1v) is 7.49. The van der Waals surface area contributed by atoms with Gasteiger partial charge in [-0.3, -0.25) is 4.68 Å². The summed E-state index contributed by atoms with van der Waals surface area (Å²) in [7, 11) is 1.72. The average molecular weight is 288 g/mol. The van der Waals surface area contributed by atoms with Crippen LogP contribution in [0.2, 0.25) is 5.02 Å². The second-order valence-electron chi connectivity index (χ2n) is 4.81. The predicted octanol–water partition coefficient (Wildman–Crippen LogP) is 2.80. The SMILES string of the molecule is CCCC(OC)C(N)Cc1c(Cl)c(CC)nn1CC. The molecule has 19 heavy (non-hydrogen) atoms. The van der Waals surface area contributed by atoms with E-state index in [-0.39, 0.29) is 12.1 Å². The smallest absolute Gasteiger partial charge is 0.0850 e. The van der Waals surface area contributed by atoms with Crippen LogP contribution in [0.25, 0.3) is 0 Å². The van der Waals surface area contributed by atoms with Gasteiger partial charge in [-0.2, -0.15) is 5.10 Å². The Morgan fingerprint density at radius 3 is 2.53 bits per heavy atom. The third-order valence-electron chi connectivity index (χ3n) is 3.48. The van der Waals surface area contributed by atoms with E-state index in [0.717, 1.165) is 42.2 Å². The number of nitrogens with zero attached hydrogens (tertiary/aromatic N) is 2. The second kappa shape index (κ2) is 7.88. The van der Waals surface area contributed by atoms with Gasteiger partial charge in [0.2, 0.25) is 0 Å². The van der Waals surface area contributed by atoms with E-state index in [1.807, 2.05) is 4.68 Å². The molecule has 0 aliphatic heterocycles. The monoisotopic (exact) mass is 287 g/mol. The Kier molecular flexibility index (Phi) is 6.83. The third-order valence-corrected chi connectivity index (χ3v) is 3.91. The Bertz CT molecular complexity index is 392. The molecule has 0 saturated heterocycles. The maximum absolute atomic E-state index is 6.40. The van der Waals surface area contributed by atoms with Gasteiger partial charge in [-0.15, -0.1) is 0 Å². The molecule has 0 radical (unpaired) electrons. The van der Waals surface area contributed by atoms with Crippen LogP contribution in [0.4, 0.5) is 0 Å². The predicted molar refractivity (Wildman–Crippen MR) is 79.7 cm³/mol. The Morgan fingerprint density at radius 1 is 1.37 bits per heavy atom. The largest absolute Gasteiger partial charge is 0.380 e. The lowest BCUT2D eigenvalue weighted by molar-refractivity contribution is 0.0721. The van der Waals surface area contributed by atoms with Gasteiger partial charge in [0.05, 0.1) is 22.5 Å². The van der Waals surface area contributed by atoms with Crippen molar-refractivity contribution in [1.82, 2.24) is 9.78 Å². The molecular formula is C14H26ClN3O. The fraction of sp³-hybridized carbons (Fsp3) is 0.786. The molecule has 1 aromatic heterocycles. The van der Waals surface area contributed by atoms with Gasteiger partial charge in [-0.1, -0.05) is 31.9 Å². The van der Waals surface area contributed by atoms with Crippen LogP contribution in [0.5, 0.6) is 0 Å². The molecule has 0 aromatic carbocycles. The maximum atomic E-state index is 6.40. The van der Waals surface area contributed by atoms with E-state index in [1.165, 1.54) is 0 Å². The molecule has 2 atom stereocenters. The summed E-state index contributed by atoms with van der Waals surface area (Å²) in [5, 5.41) is 5.29. The van der Waals surface area contributed by atoms with Crippen LogP contribution in [0.15, 0.2) is 0 Å². The summed E-state index contributed by atoms with van der Waals surface area (Å²) in [6, 6.07) is -0.0471. The van der Waals surface area contributed by atoms with E-state index in [0.29, 0.717) is 6.42 Å². The molecule has 1 rings (SSSR count). The van der Waals surface area contributed by atoms with Crippen LogP contribution in [-0.2, 0) is 24.1 Å². The Balaban J connectivity index is 2.88. The normalized spacial score (nSPS) is 14.6. The molecule has 1 heterocycles. The Labute approximate surface area is 121 Å². The zero-order chi connectivity index (χ0) is 14.4. The highest BCUT2D eigenvalue weighted by molar-refractivity contribution is 6.31. The maximum Gasteiger partial charge on any atom is 0.0850 e. The van der Waals surface area contributed by atoms with Crippen LogP contribution in [-0.4, -0.2) is 29.0 Å². The van der Waals surface area contributed by atoms with Gasteiger partial charge >= 0.3 is 0 Å². The van der Waals surface area contributed by atoms with Crippen LogP contribution in [0.1, 0.15) is 45.0 Å². The molecular weight excluding hydrogens is 262 g/mol. The first kappa shape index (κ1) is 16.5. The summed E-state index contributed by atoms with van der Waals surface area (Å²) in [6.45, 7) is 7.08. The Hall–Kier alpha value is -0.580. The van der Waals surface area contributed by atoms with Crippen LogP contribution in [0, 0.1) is 0 Å². The molecule has 0 aliphatic carbocycles. The summed E-state index contributed by atoms with van der Waals surface area (Å²) >= 11 is 6.40. The zero-order valence-corrected chi connectivity index (χ0v) is 13.2. The van der Waals surface area contributed by atoms with Crippen molar-refractivity contribution in [3.63, 3.8) is 0 Å². The molecule has 0 bridgehead atoms. The lowest BCUT2D eigenvalue weighted by Crippen LogP contribution is -2.38. The second-order valence-corrected chi connectivity index (χ2v) is 5.19. The third kappa shape index (κ3) is 3.94. The summed E-state index contributed by atoms with van der Waals surface area (Å²) in [4.78, 5) is 0. The molecule has 0 amide bonds. The van der Waals surface area contributed by atoms with Crippen molar-refractivity contribution in [2.24, 2.45) is 5.73 Å². The van der Waals surface area contributed by atoms with Crippen molar-refractivity contribution >= 4 is 11.6 Å². The standard InChI is InChI=1S/C14H26ClN3O/c1-5-8-13(19-4)10(16)9-12-14(15)11(6-2)17-18(12)7-3/h10,13H,5-9,16H2,1-4H3. The highest BCUT2D eigenvalue weighted by Crippen LogP contribution is 2.23. The molecule has 4 nitrogen and oxygen atoms in total. The summed E-state index contributed by atoms with van der Waals surface area (Å²) in [6.07, 6.45) is 3.66. The topological polar surface area (TPSA) is 53.1 Å². The fourth-order valence-electron chi connectivity index (χ4n) is 2.36. The number of nitrogens with two attached hydrogens (primary N) is 1. The average Bonchev–Trinajstić information content (AvgIpc) is 2.72. The van der Waals surface area contributed by atoms with Crippen LogP contribution < -0.4 is 5.73 Å². The first-order chi connectivity index (χ1) is 9.08. The molecule has 0 spiro atoms. The van der Waals surface area contributed by atoms with Gasteiger partial charge in [0.25, 0.3) is 0 Å². The van der Waals surface area contributed by atoms with Crippen molar-refractivity contribution in [2.45, 2.75) is 65.1 Å². The van der Waals surface area contributed by atoms with Crippen molar-refractivity contribution in [1.29, 1.82) is 0 Å². The van der Waals surface area contributed by atoms with E-state index in [9.17, 15) is 0 Å². The highest BCUT2D eigenvalue weighted by Gasteiger charge is 2.22. The molecule has 2 unspecified atom stereocenters. The number of hydrogen-bond acceptors (Lipinski definition) is 3. The fourth-order valence-corrected chi connectivity index (χ4v) is 2.70. The number of ether oxygens (including phenoxy) is 1. The van der Waals surface area contributed by atoms with Crippen molar-refractivity contribution in [2.75, 3.05) is 7.11 Å². The van der Waals surface area contributed by atoms with Crippen LogP contribution >= 0.6 is 11.6 Å². The quantitative estimate of drug-likeness (QED) is 0.800. The van der Waals surface area contributed by atoms with E-state index in [4.69, 9.17) is 22.1 Å². The summed E-state index contributed by atoms with van der Waals surface area (Å²) in [5.74, 6) is 0. The number of aryl methyl sites for hydroxylation is 2. The minimum Gasteiger partial charge on any atom is -0.380 e. The van der Waals surface area contributed by atoms with E-state index < -0.39 is 0 Å². The highest BCUT2D eigenvalue weighted by atomic mass is 35.5. The first-order valence-electron chi connectivity index (χ1n) is 7.11. The van der Waals surface area contributed by atoms with Gasteiger partial charge in [-0.25, -0.2) is 0 Å². The summed E-state index contributed by atoms with van der Waals surface area (Å²) in [5.41, 5.74) is 8.25. The van der Waals surface area contributed by atoms with E-state index in [1.54, 1.807) is 7.11 Å². The van der Waals surface area contributed by atoms with Gasteiger partial charge in [0, 0.05) is 26.1 Å². The number of aromatic nitrogens is 2. The minimum absolute atomic E-state index is 0.0471. The van der Waals surface area contributed by atoms with Gasteiger partial charge in [0.15, 0.2) is 0 Å². The van der Waals surface area contributed by atoms with Crippen LogP contribution in [0.3, 0.4) is 0 Å². The molecule has 0 aliphatic rings. The molecule has 5 heteroatoms. The minimum atomic E-state index is -0.0471. The van der Waals surface area contributed by atoms with Crippen molar-refractivity contribution in [3.8, 4) is 0 Å². The molecule has 110 valence electrons. The number of halogens is 1. The molecule has 0 saturated carbocycles. The summed E-state index contributed by atoms with van der Waals surface area (Å²) < 4.78 is 7.43. The van der Waals surface area contributed by atoms with E-state index in [2.05, 4.69) is 25.9 Å². The molecule has 1 aromatic rings. The van der Waals surface area contributed by atoms with Gasteiger partial charge < -0.3 is 10.5 Å². The number of rotatable bonds is 8. The zero-order valence-electron chi connectivity index (χ0n) is 12.4. The lowest BCUT2D eigenvalue weighted by Gasteiger charge is -2.22. The number of methoxy groups -OCH3 is 1. The van der Waals surface area contributed by atoms with Crippen molar-refractivity contribution < 1.29 is 4.74 Å².